The number of nitriles is 1. The van der Waals surface area contributed by atoms with Gasteiger partial charge in [-0.2, -0.15) is 5.26 Å². The third-order valence-corrected chi connectivity index (χ3v) is 3.48. The highest BCUT2D eigenvalue weighted by Crippen LogP contribution is 2.31. The summed E-state index contributed by atoms with van der Waals surface area (Å²) in [5.41, 5.74) is 8.20. The summed E-state index contributed by atoms with van der Waals surface area (Å²) in [6, 6.07) is 7.55. The Morgan fingerprint density at radius 3 is 2.57 bits per heavy atom. The van der Waals surface area contributed by atoms with Gasteiger partial charge in [0.25, 0.3) is 0 Å². The number of furan rings is 1. The van der Waals surface area contributed by atoms with E-state index in [1.807, 2.05) is 26.0 Å². The molecule has 0 spiro atoms. The first-order valence-corrected chi connectivity index (χ1v) is 7.21. The fraction of sp³-hybridized carbons (Fsp3) is 0.176. The van der Waals surface area contributed by atoms with Gasteiger partial charge in [0.1, 0.15) is 34.7 Å². The molecule has 0 saturated carbocycles. The van der Waals surface area contributed by atoms with Crippen LogP contribution in [-0.2, 0) is 6.42 Å². The first-order chi connectivity index (χ1) is 11.1. The van der Waals surface area contributed by atoms with Gasteiger partial charge in [0.2, 0.25) is 0 Å². The summed E-state index contributed by atoms with van der Waals surface area (Å²) >= 11 is 0. The van der Waals surface area contributed by atoms with Crippen LogP contribution in [0.5, 0.6) is 0 Å². The summed E-state index contributed by atoms with van der Waals surface area (Å²) in [7, 11) is 0. The number of nitrogen functional groups attached to an aromatic ring is 1. The smallest absolute Gasteiger partial charge is 0.152 e. The average molecular weight is 305 g/mol. The fourth-order valence-electron chi connectivity index (χ4n) is 2.28. The van der Waals surface area contributed by atoms with Crippen molar-refractivity contribution >= 4 is 5.82 Å². The lowest BCUT2D eigenvalue weighted by molar-refractivity contribution is 0.546. The summed E-state index contributed by atoms with van der Waals surface area (Å²) in [5, 5.41) is 9.39. The Balaban J connectivity index is 2.17. The van der Waals surface area contributed by atoms with Crippen LogP contribution in [0.2, 0.25) is 0 Å². The molecule has 3 heterocycles. The van der Waals surface area contributed by atoms with Crippen molar-refractivity contribution in [1.82, 2.24) is 15.0 Å². The van der Waals surface area contributed by atoms with E-state index in [1.54, 1.807) is 18.5 Å². The molecule has 3 rings (SSSR count). The van der Waals surface area contributed by atoms with E-state index < -0.39 is 0 Å². The Morgan fingerprint density at radius 2 is 2.00 bits per heavy atom. The Hall–Kier alpha value is -3.20. The summed E-state index contributed by atoms with van der Waals surface area (Å²) in [6.45, 7) is 3.84. The average Bonchev–Trinajstić information content (AvgIpc) is 3.00. The molecule has 0 aliphatic heterocycles. The van der Waals surface area contributed by atoms with Crippen LogP contribution in [-0.4, -0.2) is 15.0 Å². The third kappa shape index (κ3) is 2.77. The lowest BCUT2D eigenvalue weighted by Gasteiger charge is -2.08. The number of hydrogen-bond donors (Lipinski definition) is 1. The summed E-state index contributed by atoms with van der Waals surface area (Å²) in [5.74, 6) is 2.29. The maximum absolute atomic E-state index is 9.39. The first kappa shape index (κ1) is 14.7. The van der Waals surface area contributed by atoms with Crippen LogP contribution in [0.3, 0.4) is 0 Å². The predicted molar refractivity (Wildman–Crippen MR) is 86.2 cm³/mol. The van der Waals surface area contributed by atoms with E-state index in [9.17, 15) is 5.26 Å². The Kier molecular flexibility index (Phi) is 3.77. The number of aryl methyl sites for hydroxylation is 2. The van der Waals surface area contributed by atoms with E-state index in [0.29, 0.717) is 22.6 Å². The summed E-state index contributed by atoms with van der Waals surface area (Å²) < 4.78 is 5.59. The molecule has 0 bridgehead atoms. The highest BCUT2D eigenvalue weighted by molar-refractivity contribution is 5.78. The van der Waals surface area contributed by atoms with E-state index in [1.165, 1.54) is 0 Å². The van der Waals surface area contributed by atoms with Gasteiger partial charge in [0.05, 0.1) is 0 Å². The lowest BCUT2D eigenvalue weighted by Crippen LogP contribution is -2.00. The lowest BCUT2D eigenvalue weighted by atomic mass is 10.0. The molecular formula is C17H15N5O. The maximum atomic E-state index is 9.39. The highest BCUT2D eigenvalue weighted by atomic mass is 16.3. The number of rotatable bonds is 3. The van der Waals surface area contributed by atoms with Gasteiger partial charge in [-0.15, -0.1) is 0 Å². The molecule has 0 unspecified atom stereocenters. The molecule has 0 radical (unpaired) electrons. The Morgan fingerprint density at radius 1 is 1.26 bits per heavy atom. The molecule has 114 valence electrons. The fourth-order valence-corrected chi connectivity index (χ4v) is 2.28. The van der Waals surface area contributed by atoms with Crippen LogP contribution in [0, 0.1) is 18.3 Å². The largest absolute Gasteiger partial charge is 0.460 e. The summed E-state index contributed by atoms with van der Waals surface area (Å²) in [4.78, 5) is 12.8. The van der Waals surface area contributed by atoms with Gasteiger partial charge in [-0.3, -0.25) is 0 Å². The zero-order valence-corrected chi connectivity index (χ0v) is 12.9. The zero-order chi connectivity index (χ0) is 16.4. The van der Waals surface area contributed by atoms with Crippen molar-refractivity contribution in [1.29, 1.82) is 5.26 Å². The minimum Gasteiger partial charge on any atom is -0.460 e. The van der Waals surface area contributed by atoms with Gasteiger partial charge in [-0.05, 0) is 25.1 Å². The minimum atomic E-state index is 0.161. The van der Waals surface area contributed by atoms with Crippen LogP contribution >= 0.6 is 0 Å². The standard InChI is InChI=1S/C17H15N5O/c1-3-16-20-8-11(9-21-16)12-6-14(15-5-4-10(2)23-15)22-17(19)13(12)7-18/h4-6,8-9H,3H2,1-2H3,(H2,19,22). The molecule has 3 aromatic rings. The van der Waals surface area contributed by atoms with Crippen molar-refractivity contribution < 1.29 is 4.42 Å². The van der Waals surface area contributed by atoms with Gasteiger partial charge < -0.3 is 10.2 Å². The van der Waals surface area contributed by atoms with Gasteiger partial charge in [0, 0.05) is 29.9 Å². The van der Waals surface area contributed by atoms with E-state index in [4.69, 9.17) is 10.2 Å². The minimum absolute atomic E-state index is 0.161. The van der Waals surface area contributed by atoms with Crippen LogP contribution in [0.1, 0.15) is 24.1 Å². The van der Waals surface area contributed by atoms with Crippen molar-refractivity contribution in [2.75, 3.05) is 5.73 Å². The van der Waals surface area contributed by atoms with Crippen molar-refractivity contribution in [3.8, 4) is 28.7 Å². The van der Waals surface area contributed by atoms with Crippen LogP contribution in [0.25, 0.3) is 22.6 Å². The molecule has 6 nitrogen and oxygen atoms in total. The molecule has 0 amide bonds. The van der Waals surface area contributed by atoms with Gasteiger partial charge in [-0.25, -0.2) is 15.0 Å². The van der Waals surface area contributed by atoms with Crippen molar-refractivity contribution in [3.05, 3.63) is 47.7 Å². The van der Waals surface area contributed by atoms with E-state index >= 15 is 0 Å². The maximum Gasteiger partial charge on any atom is 0.152 e. The van der Waals surface area contributed by atoms with Crippen LogP contribution < -0.4 is 5.73 Å². The number of aromatic nitrogens is 3. The molecule has 0 saturated heterocycles. The third-order valence-electron chi connectivity index (χ3n) is 3.48. The first-order valence-electron chi connectivity index (χ1n) is 7.21. The van der Waals surface area contributed by atoms with Crippen molar-refractivity contribution in [3.63, 3.8) is 0 Å². The van der Waals surface area contributed by atoms with Gasteiger partial charge >= 0.3 is 0 Å². The topological polar surface area (TPSA) is 102 Å². The van der Waals surface area contributed by atoms with Crippen molar-refractivity contribution in [2.45, 2.75) is 20.3 Å². The number of hydrogen-bond acceptors (Lipinski definition) is 6. The second-order valence-electron chi connectivity index (χ2n) is 5.08. The SMILES string of the molecule is CCc1ncc(-c2cc(-c3ccc(C)o3)nc(N)c2C#N)cn1. The highest BCUT2D eigenvalue weighted by Gasteiger charge is 2.15. The summed E-state index contributed by atoms with van der Waals surface area (Å²) in [6.07, 6.45) is 4.14. The molecule has 0 aromatic carbocycles. The monoisotopic (exact) mass is 305 g/mol. The molecule has 23 heavy (non-hydrogen) atoms. The number of nitrogens with two attached hydrogens (primary N) is 1. The van der Waals surface area contributed by atoms with Crippen LogP contribution in [0.15, 0.2) is 35.0 Å². The number of nitrogens with zero attached hydrogens (tertiary/aromatic N) is 4. The zero-order valence-electron chi connectivity index (χ0n) is 12.9. The Bertz CT molecular complexity index is 890. The molecule has 0 atom stereocenters. The second kappa shape index (κ2) is 5.89. The molecule has 0 fully saturated rings. The number of pyridine rings is 1. The quantitative estimate of drug-likeness (QED) is 0.797. The second-order valence-corrected chi connectivity index (χ2v) is 5.08. The Labute approximate surface area is 133 Å². The molecule has 3 aromatic heterocycles. The number of anilines is 1. The van der Waals surface area contributed by atoms with E-state index in [0.717, 1.165) is 23.6 Å². The van der Waals surface area contributed by atoms with E-state index in [-0.39, 0.29) is 5.82 Å². The van der Waals surface area contributed by atoms with Crippen molar-refractivity contribution in [2.24, 2.45) is 0 Å². The molecular weight excluding hydrogens is 290 g/mol. The normalized spacial score (nSPS) is 10.5. The molecule has 6 heteroatoms. The van der Waals surface area contributed by atoms with Gasteiger partial charge in [0.15, 0.2) is 5.76 Å². The van der Waals surface area contributed by atoms with Crippen LogP contribution in [0.4, 0.5) is 5.82 Å². The van der Waals surface area contributed by atoms with E-state index in [2.05, 4.69) is 21.0 Å². The molecule has 2 N–H and O–H groups in total. The molecule has 0 aliphatic rings. The molecule has 0 aliphatic carbocycles. The van der Waals surface area contributed by atoms with Gasteiger partial charge in [-0.1, -0.05) is 6.92 Å². The predicted octanol–water partition coefficient (Wildman–Crippen LogP) is 3.12.